The fraction of sp³-hybridized carbons (Fsp3) is 0. The molecule has 0 bridgehead atoms. The third-order valence-electron chi connectivity index (χ3n) is 2.59. The van der Waals surface area contributed by atoms with Gasteiger partial charge in [0.25, 0.3) is 5.89 Å². The molecule has 2 aromatic heterocycles. The van der Waals surface area contributed by atoms with Crippen molar-refractivity contribution in [2.24, 2.45) is 0 Å². The van der Waals surface area contributed by atoms with Crippen LogP contribution in [0.5, 0.6) is 0 Å². The summed E-state index contributed by atoms with van der Waals surface area (Å²) in [5.41, 5.74) is 1.25. The molecule has 0 atom stereocenters. The lowest BCUT2D eigenvalue weighted by Crippen LogP contribution is -1.86. The molecule has 1 aromatic carbocycles. The second kappa shape index (κ2) is 5.40. The Labute approximate surface area is 129 Å². The summed E-state index contributed by atoms with van der Waals surface area (Å²) < 4.78 is 5.21. The zero-order valence-electron chi connectivity index (χ0n) is 9.85. The molecule has 0 amide bonds. The van der Waals surface area contributed by atoms with E-state index in [1.807, 2.05) is 0 Å². The first-order valence-corrected chi connectivity index (χ1v) is 6.67. The van der Waals surface area contributed by atoms with Crippen LogP contribution in [0.1, 0.15) is 0 Å². The molecule has 0 aliphatic carbocycles. The maximum absolute atomic E-state index is 6.05. The van der Waals surface area contributed by atoms with Crippen molar-refractivity contribution in [3.63, 3.8) is 0 Å². The van der Waals surface area contributed by atoms with Crippen LogP contribution in [0.2, 0.25) is 15.1 Å². The van der Waals surface area contributed by atoms with Crippen LogP contribution in [0.25, 0.3) is 22.8 Å². The van der Waals surface area contributed by atoms with Gasteiger partial charge in [-0.1, -0.05) is 40.0 Å². The highest BCUT2D eigenvalue weighted by Gasteiger charge is 2.16. The second-order valence-corrected chi connectivity index (χ2v) is 5.16. The van der Waals surface area contributed by atoms with E-state index in [0.717, 1.165) is 5.56 Å². The Kier molecular flexibility index (Phi) is 3.61. The van der Waals surface area contributed by atoms with Crippen LogP contribution in [0, 0.1) is 0 Å². The lowest BCUT2D eigenvalue weighted by Gasteiger charge is -1.99. The molecule has 0 spiro atoms. The SMILES string of the molecule is Clc1ccc(-c2nc(-c3c(Cl)cncc3Cl)no2)cc1. The molecule has 4 nitrogen and oxygen atoms in total. The topological polar surface area (TPSA) is 51.8 Å². The van der Waals surface area contributed by atoms with E-state index in [-0.39, 0.29) is 0 Å². The number of pyridine rings is 1. The zero-order chi connectivity index (χ0) is 14.1. The standard InChI is InChI=1S/C13H6Cl3N3O/c14-8-3-1-7(2-4-8)13-18-12(19-20-13)11-9(15)5-17-6-10(11)16/h1-6H. The van der Waals surface area contributed by atoms with Gasteiger partial charge in [0.2, 0.25) is 5.82 Å². The molecular formula is C13H6Cl3N3O. The minimum atomic E-state index is 0.312. The highest BCUT2D eigenvalue weighted by Crippen LogP contribution is 2.33. The van der Waals surface area contributed by atoms with E-state index in [0.29, 0.717) is 32.3 Å². The molecule has 20 heavy (non-hydrogen) atoms. The lowest BCUT2D eigenvalue weighted by atomic mass is 10.2. The number of halogens is 3. The molecular weight excluding hydrogens is 321 g/mol. The van der Waals surface area contributed by atoms with E-state index < -0.39 is 0 Å². The normalized spacial score (nSPS) is 10.8. The van der Waals surface area contributed by atoms with E-state index >= 15 is 0 Å². The van der Waals surface area contributed by atoms with Crippen molar-refractivity contribution in [3.8, 4) is 22.8 Å². The van der Waals surface area contributed by atoms with Crippen molar-refractivity contribution in [3.05, 3.63) is 51.7 Å². The molecule has 0 fully saturated rings. The van der Waals surface area contributed by atoms with Crippen LogP contribution in [0.3, 0.4) is 0 Å². The third-order valence-corrected chi connectivity index (χ3v) is 3.42. The Bertz CT molecular complexity index is 736. The van der Waals surface area contributed by atoms with Crippen LogP contribution < -0.4 is 0 Å². The van der Waals surface area contributed by atoms with Gasteiger partial charge in [0.1, 0.15) is 0 Å². The van der Waals surface area contributed by atoms with Crippen molar-refractivity contribution in [2.75, 3.05) is 0 Å². The summed E-state index contributed by atoms with van der Waals surface area (Å²) in [7, 11) is 0. The number of hydrogen-bond acceptors (Lipinski definition) is 4. The van der Waals surface area contributed by atoms with Crippen molar-refractivity contribution in [2.45, 2.75) is 0 Å². The number of nitrogens with zero attached hydrogens (tertiary/aromatic N) is 3. The van der Waals surface area contributed by atoms with E-state index in [1.54, 1.807) is 24.3 Å². The van der Waals surface area contributed by atoms with Crippen molar-refractivity contribution in [1.29, 1.82) is 0 Å². The van der Waals surface area contributed by atoms with Gasteiger partial charge in [-0.3, -0.25) is 4.98 Å². The van der Waals surface area contributed by atoms with Gasteiger partial charge in [0.05, 0.1) is 15.6 Å². The molecule has 3 rings (SSSR count). The molecule has 0 aliphatic rings. The molecule has 0 saturated heterocycles. The Balaban J connectivity index is 2.04. The summed E-state index contributed by atoms with van der Waals surface area (Å²) in [6.07, 6.45) is 2.95. The quantitative estimate of drug-likeness (QED) is 0.681. The first-order valence-electron chi connectivity index (χ1n) is 5.54. The van der Waals surface area contributed by atoms with E-state index in [9.17, 15) is 0 Å². The fourth-order valence-corrected chi connectivity index (χ4v) is 2.32. The van der Waals surface area contributed by atoms with Crippen molar-refractivity contribution >= 4 is 34.8 Å². The van der Waals surface area contributed by atoms with Crippen LogP contribution >= 0.6 is 34.8 Å². The summed E-state index contributed by atoms with van der Waals surface area (Å²) in [5.74, 6) is 0.674. The molecule has 2 heterocycles. The largest absolute Gasteiger partial charge is 0.334 e. The number of rotatable bonds is 2. The third kappa shape index (κ3) is 2.50. The highest BCUT2D eigenvalue weighted by molar-refractivity contribution is 6.38. The molecule has 0 aliphatic heterocycles. The monoisotopic (exact) mass is 325 g/mol. The minimum Gasteiger partial charge on any atom is -0.334 e. The summed E-state index contributed by atoms with van der Waals surface area (Å²) in [5, 5.41) is 5.25. The lowest BCUT2D eigenvalue weighted by molar-refractivity contribution is 0.432. The Morgan fingerprint density at radius 2 is 1.55 bits per heavy atom. The van der Waals surface area contributed by atoms with Gasteiger partial charge in [0.15, 0.2) is 0 Å². The smallest absolute Gasteiger partial charge is 0.258 e. The summed E-state index contributed by atoms with van der Waals surface area (Å²) >= 11 is 17.9. The molecule has 0 radical (unpaired) electrons. The van der Waals surface area contributed by atoms with Crippen LogP contribution in [0.4, 0.5) is 0 Å². The van der Waals surface area contributed by atoms with Gasteiger partial charge in [-0.15, -0.1) is 0 Å². The Morgan fingerprint density at radius 1 is 0.900 bits per heavy atom. The minimum absolute atomic E-state index is 0.312. The van der Waals surface area contributed by atoms with Crippen LogP contribution in [0.15, 0.2) is 41.2 Å². The van der Waals surface area contributed by atoms with Gasteiger partial charge in [0, 0.05) is 23.0 Å². The highest BCUT2D eigenvalue weighted by atomic mass is 35.5. The van der Waals surface area contributed by atoms with E-state index in [2.05, 4.69) is 15.1 Å². The fourth-order valence-electron chi connectivity index (χ4n) is 1.66. The Hall–Kier alpha value is -1.62. The number of benzene rings is 1. The average Bonchev–Trinajstić information content (AvgIpc) is 2.89. The molecule has 7 heteroatoms. The number of hydrogen-bond donors (Lipinski definition) is 0. The van der Waals surface area contributed by atoms with Crippen molar-refractivity contribution in [1.82, 2.24) is 15.1 Å². The molecule has 100 valence electrons. The van der Waals surface area contributed by atoms with Gasteiger partial charge < -0.3 is 4.52 Å². The molecule has 0 unspecified atom stereocenters. The number of aromatic nitrogens is 3. The van der Waals surface area contributed by atoms with Crippen LogP contribution in [-0.4, -0.2) is 15.1 Å². The molecule has 0 saturated carbocycles. The van der Waals surface area contributed by atoms with Crippen molar-refractivity contribution < 1.29 is 4.52 Å². The summed E-state index contributed by atoms with van der Waals surface area (Å²) in [6.45, 7) is 0. The van der Waals surface area contributed by atoms with Gasteiger partial charge >= 0.3 is 0 Å². The first kappa shape index (κ1) is 13.4. The zero-order valence-corrected chi connectivity index (χ0v) is 12.1. The molecule has 0 N–H and O–H groups in total. The predicted octanol–water partition coefficient (Wildman–Crippen LogP) is 4.76. The first-order chi connectivity index (χ1) is 9.65. The van der Waals surface area contributed by atoms with Crippen LogP contribution in [-0.2, 0) is 0 Å². The van der Waals surface area contributed by atoms with Gasteiger partial charge in [-0.25, -0.2) is 0 Å². The van der Waals surface area contributed by atoms with E-state index in [1.165, 1.54) is 12.4 Å². The van der Waals surface area contributed by atoms with Gasteiger partial charge in [-0.05, 0) is 24.3 Å². The average molecular weight is 327 g/mol. The predicted molar refractivity (Wildman–Crippen MR) is 78.0 cm³/mol. The maximum atomic E-state index is 6.05. The van der Waals surface area contributed by atoms with E-state index in [4.69, 9.17) is 39.3 Å². The summed E-state index contributed by atoms with van der Waals surface area (Å²) in [6, 6.07) is 7.06. The van der Waals surface area contributed by atoms with Gasteiger partial charge in [-0.2, -0.15) is 4.98 Å². The summed E-state index contributed by atoms with van der Waals surface area (Å²) in [4.78, 5) is 8.16. The second-order valence-electron chi connectivity index (χ2n) is 3.91. The molecule has 3 aromatic rings. The maximum Gasteiger partial charge on any atom is 0.258 e. The Morgan fingerprint density at radius 3 is 2.20 bits per heavy atom.